The number of alkyl halides is 2. The summed E-state index contributed by atoms with van der Waals surface area (Å²) in [5.41, 5.74) is 0.284. The first-order chi connectivity index (χ1) is 9.43. The highest BCUT2D eigenvalue weighted by molar-refractivity contribution is 9.10. The Kier molecular flexibility index (Phi) is 4.57. The van der Waals surface area contributed by atoms with Crippen molar-refractivity contribution < 1.29 is 18.3 Å². The van der Waals surface area contributed by atoms with Crippen molar-refractivity contribution in [2.75, 3.05) is 25.1 Å². The number of carbonyl (C=O) groups is 1. The van der Waals surface area contributed by atoms with E-state index in [9.17, 15) is 13.6 Å². The van der Waals surface area contributed by atoms with Crippen LogP contribution >= 0.6 is 15.9 Å². The van der Waals surface area contributed by atoms with E-state index in [1.165, 1.54) is 7.11 Å². The van der Waals surface area contributed by atoms with Gasteiger partial charge in [-0.2, -0.15) is 0 Å². The molecule has 0 unspecified atom stereocenters. The molecule has 0 spiro atoms. The normalized spacial score (nSPS) is 18.5. The molecule has 110 valence electrons. The van der Waals surface area contributed by atoms with Crippen LogP contribution in [0.3, 0.4) is 0 Å². The van der Waals surface area contributed by atoms with E-state index in [-0.39, 0.29) is 24.9 Å². The first kappa shape index (κ1) is 15.2. The molecule has 2 rings (SSSR count). The number of carbonyl (C=O) groups excluding carboxylic acids is 1. The molecular weight excluding hydrogens is 334 g/mol. The molecule has 0 radical (unpaired) electrons. The average Bonchev–Trinajstić information content (AvgIpc) is 2.59. The van der Waals surface area contributed by atoms with Gasteiger partial charge < -0.3 is 9.64 Å². The molecular formula is C13H15BrF2N2O2. The van der Waals surface area contributed by atoms with Gasteiger partial charge in [-0.1, -0.05) is 0 Å². The van der Waals surface area contributed by atoms with E-state index in [0.717, 1.165) is 0 Å². The van der Waals surface area contributed by atoms with Crippen LogP contribution in [0.25, 0.3) is 0 Å². The van der Waals surface area contributed by atoms with Crippen molar-refractivity contribution in [1.82, 2.24) is 4.98 Å². The summed E-state index contributed by atoms with van der Waals surface area (Å²) in [7, 11) is 1.28. The zero-order valence-electron chi connectivity index (χ0n) is 11.0. The van der Waals surface area contributed by atoms with Gasteiger partial charge in [-0.05, 0) is 28.4 Å². The fraction of sp³-hybridized carbons (Fsp3) is 0.538. The second kappa shape index (κ2) is 6.03. The summed E-state index contributed by atoms with van der Waals surface area (Å²) in [6, 6.07) is 1.59. The van der Waals surface area contributed by atoms with Crippen LogP contribution in [0.15, 0.2) is 16.7 Å². The Morgan fingerprint density at radius 3 is 2.90 bits per heavy atom. The van der Waals surface area contributed by atoms with Crippen molar-refractivity contribution >= 4 is 27.7 Å². The van der Waals surface area contributed by atoms with E-state index in [1.807, 2.05) is 0 Å². The first-order valence-corrected chi connectivity index (χ1v) is 7.09. The minimum Gasteiger partial charge on any atom is -0.465 e. The third kappa shape index (κ3) is 3.45. The van der Waals surface area contributed by atoms with Gasteiger partial charge in [0, 0.05) is 36.6 Å². The van der Waals surface area contributed by atoms with Gasteiger partial charge >= 0.3 is 5.97 Å². The van der Waals surface area contributed by atoms with E-state index in [0.29, 0.717) is 23.3 Å². The van der Waals surface area contributed by atoms with Gasteiger partial charge in [0.25, 0.3) is 0 Å². The Labute approximate surface area is 124 Å². The Balaban J connectivity index is 2.30. The highest BCUT2D eigenvalue weighted by atomic mass is 79.9. The predicted octanol–water partition coefficient (Wildman–Crippen LogP) is 3.26. The van der Waals surface area contributed by atoms with Crippen molar-refractivity contribution in [3.05, 3.63) is 22.3 Å². The van der Waals surface area contributed by atoms with E-state index in [1.54, 1.807) is 17.2 Å². The minimum absolute atomic E-state index is 0.131. The Hall–Kier alpha value is -1.24. The van der Waals surface area contributed by atoms with E-state index < -0.39 is 11.9 Å². The third-order valence-corrected chi connectivity index (χ3v) is 3.69. The van der Waals surface area contributed by atoms with Crippen LogP contribution in [0.4, 0.5) is 14.6 Å². The zero-order chi connectivity index (χ0) is 14.8. The summed E-state index contributed by atoms with van der Waals surface area (Å²) in [5.74, 6) is -2.77. The molecule has 1 aromatic rings. The van der Waals surface area contributed by atoms with Gasteiger partial charge in [0.1, 0.15) is 11.4 Å². The van der Waals surface area contributed by atoms with Crippen LogP contribution < -0.4 is 4.90 Å². The maximum absolute atomic E-state index is 13.4. The molecule has 1 aliphatic rings. The van der Waals surface area contributed by atoms with E-state index in [4.69, 9.17) is 4.74 Å². The Bertz CT molecular complexity index is 511. The lowest BCUT2D eigenvalue weighted by Gasteiger charge is -2.23. The first-order valence-electron chi connectivity index (χ1n) is 6.29. The van der Waals surface area contributed by atoms with Crippen molar-refractivity contribution in [1.29, 1.82) is 0 Å². The molecule has 1 fully saturated rings. The maximum Gasteiger partial charge on any atom is 0.341 e. The summed E-state index contributed by atoms with van der Waals surface area (Å²) in [5, 5.41) is 0. The number of halogens is 3. The third-order valence-electron chi connectivity index (χ3n) is 3.26. The molecule has 1 saturated heterocycles. The molecule has 0 aromatic carbocycles. The summed E-state index contributed by atoms with van der Waals surface area (Å²) in [6.07, 6.45) is 1.55. The molecule has 0 amide bonds. The molecule has 0 bridgehead atoms. The highest BCUT2D eigenvalue weighted by Crippen LogP contribution is 2.31. The number of esters is 1. The maximum atomic E-state index is 13.4. The molecule has 7 heteroatoms. The number of methoxy groups -OCH3 is 1. The molecule has 0 aliphatic carbocycles. The quantitative estimate of drug-likeness (QED) is 0.769. The topological polar surface area (TPSA) is 42.4 Å². The molecule has 0 atom stereocenters. The average molecular weight is 349 g/mol. The van der Waals surface area contributed by atoms with Gasteiger partial charge in [0.15, 0.2) is 0 Å². The van der Waals surface area contributed by atoms with Crippen LogP contribution in [-0.2, 0) is 4.74 Å². The lowest BCUT2D eigenvalue weighted by atomic mass is 10.1. The zero-order valence-corrected chi connectivity index (χ0v) is 12.6. The Morgan fingerprint density at radius 1 is 1.45 bits per heavy atom. The standard InChI is InChI=1S/C13H15BrF2N2O2/c1-20-12(19)10-7-9(14)8-17-11(10)18-5-2-3-13(15,16)4-6-18/h7-8H,2-6H2,1H3. The smallest absolute Gasteiger partial charge is 0.341 e. The van der Waals surface area contributed by atoms with Crippen molar-refractivity contribution in [3.8, 4) is 0 Å². The minimum atomic E-state index is -2.64. The van der Waals surface area contributed by atoms with Crippen LogP contribution in [0.1, 0.15) is 29.6 Å². The number of ether oxygens (including phenoxy) is 1. The molecule has 20 heavy (non-hydrogen) atoms. The summed E-state index contributed by atoms with van der Waals surface area (Å²) in [4.78, 5) is 17.7. The van der Waals surface area contributed by atoms with E-state index in [2.05, 4.69) is 20.9 Å². The number of pyridine rings is 1. The number of anilines is 1. The summed E-state index contributed by atoms with van der Waals surface area (Å²) in [6.45, 7) is 0.625. The number of rotatable bonds is 2. The molecule has 1 aliphatic heterocycles. The largest absolute Gasteiger partial charge is 0.465 e. The fourth-order valence-electron chi connectivity index (χ4n) is 2.22. The highest BCUT2D eigenvalue weighted by Gasteiger charge is 2.33. The van der Waals surface area contributed by atoms with Gasteiger partial charge in [0.05, 0.1) is 7.11 Å². The molecule has 1 aromatic heterocycles. The van der Waals surface area contributed by atoms with Crippen LogP contribution in [0.2, 0.25) is 0 Å². The number of hydrogen-bond donors (Lipinski definition) is 0. The number of hydrogen-bond acceptors (Lipinski definition) is 4. The number of aromatic nitrogens is 1. The SMILES string of the molecule is COC(=O)c1cc(Br)cnc1N1CCCC(F)(F)CC1. The van der Waals surface area contributed by atoms with Crippen molar-refractivity contribution in [3.63, 3.8) is 0 Å². The molecule has 0 saturated carbocycles. The predicted molar refractivity (Wildman–Crippen MR) is 74.3 cm³/mol. The number of nitrogens with zero attached hydrogens (tertiary/aromatic N) is 2. The summed E-state index contributed by atoms with van der Waals surface area (Å²) >= 11 is 3.24. The monoisotopic (exact) mass is 348 g/mol. The van der Waals surface area contributed by atoms with Crippen LogP contribution in [0.5, 0.6) is 0 Å². The molecule has 0 N–H and O–H groups in total. The molecule has 2 heterocycles. The van der Waals surface area contributed by atoms with Gasteiger partial charge in [-0.3, -0.25) is 0 Å². The van der Waals surface area contributed by atoms with E-state index >= 15 is 0 Å². The van der Waals surface area contributed by atoms with Crippen LogP contribution in [-0.4, -0.2) is 37.1 Å². The second-order valence-corrected chi connectivity index (χ2v) is 5.63. The Morgan fingerprint density at radius 2 is 2.20 bits per heavy atom. The van der Waals surface area contributed by atoms with Gasteiger partial charge in [0.2, 0.25) is 5.92 Å². The lowest BCUT2D eigenvalue weighted by Crippen LogP contribution is -2.28. The fourth-order valence-corrected chi connectivity index (χ4v) is 2.55. The van der Waals surface area contributed by atoms with Crippen LogP contribution in [0, 0.1) is 0 Å². The van der Waals surface area contributed by atoms with Crippen molar-refractivity contribution in [2.24, 2.45) is 0 Å². The van der Waals surface area contributed by atoms with Crippen molar-refractivity contribution in [2.45, 2.75) is 25.2 Å². The summed E-state index contributed by atoms with van der Waals surface area (Å²) < 4.78 is 32.2. The lowest BCUT2D eigenvalue weighted by molar-refractivity contribution is -0.0102. The van der Waals surface area contributed by atoms with Gasteiger partial charge in [-0.25, -0.2) is 18.6 Å². The second-order valence-electron chi connectivity index (χ2n) is 4.71. The van der Waals surface area contributed by atoms with Gasteiger partial charge in [-0.15, -0.1) is 0 Å². The molecule has 4 nitrogen and oxygen atoms in total.